The van der Waals surface area contributed by atoms with Gasteiger partial charge in [-0.25, -0.2) is 0 Å². The van der Waals surface area contributed by atoms with Crippen molar-refractivity contribution in [1.29, 1.82) is 0 Å². The minimum atomic E-state index is 0.753. The summed E-state index contributed by atoms with van der Waals surface area (Å²) in [6, 6.07) is 27.4. The maximum Gasteiger partial charge on any atom is 0.0712 e. The fourth-order valence-electron chi connectivity index (χ4n) is 4.18. The van der Waals surface area contributed by atoms with E-state index in [0.29, 0.717) is 0 Å². The molecule has 0 N–H and O–H groups in total. The molecular formula is C25H21ClN2. The van der Waals surface area contributed by atoms with Crippen LogP contribution in [0.2, 0.25) is 5.02 Å². The van der Waals surface area contributed by atoms with E-state index >= 15 is 0 Å². The van der Waals surface area contributed by atoms with Crippen LogP contribution >= 0.6 is 11.6 Å². The second-order valence-electron chi connectivity index (χ2n) is 7.39. The molecule has 0 unspecified atom stereocenters. The van der Waals surface area contributed by atoms with Gasteiger partial charge in [-0.3, -0.25) is 9.88 Å². The third-order valence-electron chi connectivity index (χ3n) is 5.49. The fourth-order valence-corrected chi connectivity index (χ4v) is 4.35. The predicted molar refractivity (Wildman–Crippen MR) is 116 cm³/mol. The molecule has 138 valence electrons. The van der Waals surface area contributed by atoms with Gasteiger partial charge in [0.05, 0.1) is 5.52 Å². The van der Waals surface area contributed by atoms with Gasteiger partial charge in [0, 0.05) is 42.2 Å². The maximum atomic E-state index is 6.36. The minimum absolute atomic E-state index is 0.753. The van der Waals surface area contributed by atoms with Crippen LogP contribution in [-0.2, 0) is 19.5 Å². The summed E-state index contributed by atoms with van der Waals surface area (Å²) in [7, 11) is 0. The van der Waals surface area contributed by atoms with Gasteiger partial charge in [-0.1, -0.05) is 72.3 Å². The third-order valence-corrected chi connectivity index (χ3v) is 5.73. The zero-order valence-electron chi connectivity index (χ0n) is 15.6. The van der Waals surface area contributed by atoms with E-state index in [1.165, 1.54) is 27.9 Å². The second kappa shape index (κ2) is 7.38. The largest absolute Gasteiger partial charge is 0.294 e. The van der Waals surface area contributed by atoms with E-state index in [9.17, 15) is 0 Å². The smallest absolute Gasteiger partial charge is 0.0712 e. The first-order valence-corrected chi connectivity index (χ1v) is 10.1. The van der Waals surface area contributed by atoms with Crippen LogP contribution in [0.15, 0.2) is 78.9 Å². The number of benzene rings is 3. The zero-order chi connectivity index (χ0) is 18.9. The molecule has 4 aromatic rings. The van der Waals surface area contributed by atoms with E-state index in [0.717, 1.165) is 42.0 Å². The number of aromatic nitrogens is 1. The van der Waals surface area contributed by atoms with E-state index in [4.69, 9.17) is 16.6 Å². The lowest BCUT2D eigenvalue weighted by atomic mass is 9.91. The first-order valence-electron chi connectivity index (χ1n) is 9.70. The van der Waals surface area contributed by atoms with Gasteiger partial charge in [-0.15, -0.1) is 0 Å². The molecule has 3 heteroatoms. The lowest BCUT2D eigenvalue weighted by molar-refractivity contribution is 0.244. The van der Waals surface area contributed by atoms with Gasteiger partial charge < -0.3 is 0 Å². The molecule has 0 fully saturated rings. The van der Waals surface area contributed by atoms with Crippen molar-refractivity contribution in [3.63, 3.8) is 0 Å². The number of halogens is 1. The number of pyridine rings is 1. The van der Waals surface area contributed by atoms with E-state index in [-0.39, 0.29) is 0 Å². The van der Waals surface area contributed by atoms with Crippen molar-refractivity contribution in [3.8, 4) is 11.1 Å². The van der Waals surface area contributed by atoms with Crippen LogP contribution in [0.3, 0.4) is 0 Å². The standard InChI is InChI=1S/C25H21ClN2/c26-20-11-12-23-21(15-20)25(19-9-5-2-6-10-19)22-17-28(14-13-24(22)27-23)16-18-7-3-1-4-8-18/h1-12,15H,13-14,16-17H2. The topological polar surface area (TPSA) is 16.1 Å². The number of fused-ring (bicyclic) bond motifs is 2. The van der Waals surface area contributed by atoms with Gasteiger partial charge in [-0.05, 0) is 40.5 Å². The molecule has 0 aliphatic carbocycles. The molecule has 1 aromatic heterocycles. The molecule has 0 bridgehead atoms. The zero-order valence-corrected chi connectivity index (χ0v) is 16.4. The van der Waals surface area contributed by atoms with Crippen LogP contribution in [0.25, 0.3) is 22.0 Å². The van der Waals surface area contributed by atoms with Crippen LogP contribution in [0.5, 0.6) is 0 Å². The average molecular weight is 385 g/mol. The predicted octanol–water partition coefficient (Wildman–Crippen LogP) is 6.11. The molecule has 1 aliphatic heterocycles. The number of nitrogens with zero attached hydrogens (tertiary/aromatic N) is 2. The summed E-state index contributed by atoms with van der Waals surface area (Å²) in [5.41, 5.74) is 7.44. The summed E-state index contributed by atoms with van der Waals surface area (Å²) >= 11 is 6.36. The molecule has 1 aliphatic rings. The number of hydrogen-bond acceptors (Lipinski definition) is 2. The molecule has 0 atom stereocenters. The Hall–Kier alpha value is -2.68. The molecule has 5 rings (SSSR count). The molecule has 0 radical (unpaired) electrons. The molecule has 0 saturated heterocycles. The van der Waals surface area contributed by atoms with Gasteiger partial charge >= 0.3 is 0 Å². The second-order valence-corrected chi connectivity index (χ2v) is 7.82. The highest BCUT2D eigenvalue weighted by Gasteiger charge is 2.23. The van der Waals surface area contributed by atoms with E-state index in [1.807, 2.05) is 12.1 Å². The molecule has 2 heterocycles. The highest BCUT2D eigenvalue weighted by molar-refractivity contribution is 6.31. The Labute approximate surface area is 170 Å². The lowest BCUT2D eigenvalue weighted by Crippen LogP contribution is -2.31. The SMILES string of the molecule is Clc1ccc2nc3c(c(-c4ccccc4)c2c1)CN(Cc1ccccc1)CC3. The van der Waals surface area contributed by atoms with Crippen molar-refractivity contribution in [2.45, 2.75) is 19.5 Å². The summed E-state index contributed by atoms with van der Waals surface area (Å²) in [6.45, 7) is 2.90. The van der Waals surface area contributed by atoms with Crippen molar-refractivity contribution < 1.29 is 0 Å². The lowest BCUT2D eigenvalue weighted by Gasteiger charge is -2.30. The van der Waals surface area contributed by atoms with Crippen molar-refractivity contribution in [3.05, 3.63) is 101 Å². The van der Waals surface area contributed by atoms with Crippen molar-refractivity contribution >= 4 is 22.5 Å². The molecule has 0 saturated carbocycles. The number of hydrogen-bond donors (Lipinski definition) is 0. The fraction of sp³-hybridized carbons (Fsp3) is 0.160. The first kappa shape index (κ1) is 17.4. The van der Waals surface area contributed by atoms with Gasteiger partial charge in [0.2, 0.25) is 0 Å². The Kier molecular flexibility index (Phi) is 4.59. The van der Waals surface area contributed by atoms with Crippen LogP contribution in [-0.4, -0.2) is 16.4 Å². The van der Waals surface area contributed by atoms with Crippen LogP contribution < -0.4 is 0 Å². The normalized spacial score (nSPS) is 14.2. The Bertz CT molecular complexity index is 1120. The van der Waals surface area contributed by atoms with Crippen LogP contribution in [0.1, 0.15) is 16.8 Å². The summed E-state index contributed by atoms with van der Waals surface area (Å²) in [5.74, 6) is 0. The monoisotopic (exact) mass is 384 g/mol. The molecule has 3 aromatic carbocycles. The minimum Gasteiger partial charge on any atom is -0.294 e. The van der Waals surface area contributed by atoms with Gasteiger partial charge in [0.25, 0.3) is 0 Å². The number of rotatable bonds is 3. The third kappa shape index (κ3) is 3.30. The quantitative estimate of drug-likeness (QED) is 0.423. The highest BCUT2D eigenvalue weighted by atomic mass is 35.5. The summed E-state index contributed by atoms with van der Waals surface area (Å²) < 4.78 is 0. The molecular weight excluding hydrogens is 364 g/mol. The summed E-state index contributed by atoms with van der Waals surface area (Å²) in [4.78, 5) is 7.52. The molecule has 0 amide bonds. The van der Waals surface area contributed by atoms with Crippen LogP contribution in [0, 0.1) is 0 Å². The molecule has 0 spiro atoms. The Morgan fingerprint density at radius 2 is 1.64 bits per heavy atom. The first-order chi connectivity index (χ1) is 13.8. The molecule has 2 nitrogen and oxygen atoms in total. The highest BCUT2D eigenvalue weighted by Crippen LogP contribution is 2.37. The van der Waals surface area contributed by atoms with E-state index in [2.05, 4.69) is 71.6 Å². The summed E-state index contributed by atoms with van der Waals surface area (Å²) in [5, 5.41) is 1.89. The Morgan fingerprint density at radius 1 is 0.893 bits per heavy atom. The summed E-state index contributed by atoms with van der Waals surface area (Å²) in [6.07, 6.45) is 0.973. The average Bonchev–Trinajstić information content (AvgIpc) is 2.73. The van der Waals surface area contributed by atoms with Crippen molar-refractivity contribution in [1.82, 2.24) is 9.88 Å². The van der Waals surface area contributed by atoms with Gasteiger partial charge in [0.15, 0.2) is 0 Å². The Morgan fingerprint density at radius 3 is 2.43 bits per heavy atom. The Balaban J connectivity index is 1.63. The van der Waals surface area contributed by atoms with Gasteiger partial charge in [-0.2, -0.15) is 0 Å². The maximum absolute atomic E-state index is 6.36. The van der Waals surface area contributed by atoms with Crippen molar-refractivity contribution in [2.24, 2.45) is 0 Å². The van der Waals surface area contributed by atoms with E-state index in [1.54, 1.807) is 0 Å². The van der Waals surface area contributed by atoms with Crippen LogP contribution in [0.4, 0.5) is 0 Å². The van der Waals surface area contributed by atoms with Crippen molar-refractivity contribution in [2.75, 3.05) is 6.54 Å². The van der Waals surface area contributed by atoms with E-state index < -0.39 is 0 Å². The van der Waals surface area contributed by atoms with Gasteiger partial charge in [0.1, 0.15) is 0 Å². The molecule has 28 heavy (non-hydrogen) atoms.